The summed E-state index contributed by atoms with van der Waals surface area (Å²) in [5.41, 5.74) is 3.10. The van der Waals surface area contributed by atoms with E-state index in [1.54, 1.807) is 6.20 Å². The second-order valence-corrected chi connectivity index (χ2v) is 5.31. The van der Waals surface area contributed by atoms with E-state index in [-0.39, 0.29) is 0 Å². The SMILES string of the molecule is Cc1ccc2c(c1-c1cncc[n+]1C)Oc1ccccc1O2. The number of para-hydroxylation sites is 2. The van der Waals surface area contributed by atoms with Crippen molar-refractivity contribution in [1.82, 2.24) is 4.98 Å². The molecule has 2 heterocycles. The highest BCUT2D eigenvalue weighted by Gasteiger charge is 2.27. The van der Waals surface area contributed by atoms with Crippen LogP contribution in [0.15, 0.2) is 55.0 Å². The number of aromatic nitrogens is 2. The minimum Gasteiger partial charge on any atom is -0.449 e. The Morgan fingerprint density at radius 2 is 1.73 bits per heavy atom. The molecule has 0 radical (unpaired) electrons. The average molecular weight is 291 g/mol. The number of nitrogens with zero attached hydrogens (tertiary/aromatic N) is 2. The Morgan fingerprint density at radius 3 is 2.50 bits per heavy atom. The van der Waals surface area contributed by atoms with Crippen molar-refractivity contribution in [3.8, 4) is 34.3 Å². The van der Waals surface area contributed by atoms with Crippen LogP contribution >= 0.6 is 0 Å². The zero-order valence-electron chi connectivity index (χ0n) is 12.4. The van der Waals surface area contributed by atoms with Gasteiger partial charge >= 0.3 is 0 Å². The van der Waals surface area contributed by atoms with E-state index in [1.807, 2.05) is 60.4 Å². The van der Waals surface area contributed by atoms with Gasteiger partial charge in [-0.2, -0.15) is 4.57 Å². The summed E-state index contributed by atoms with van der Waals surface area (Å²) in [6.07, 6.45) is 5.53. The van der Waals surface area contributed by atoms with E-state index in [0.29, 0.717) is 0 Å². The maximum Gasteiger partial charge on any atom is 0.234 e. The summed E-state index contributed by atoms with van der Waals surface area (Å²) >= 11 is 0. The summed E-state index contributed by atoms with van der Waals surface area (Å²) in [5.74, 6) is 2.93. The second kappa shape index (κ2) is 4.84. The summed E-state index contributed by atoms with van der Waals surface area (Å²) in [4.78, 5) is 4.24. The van der Waals surface area contributed by atoms with Crippen LogP contribution in [0.5, 0.6) is 23.0 Å². The van der Waals surface area contributed by atoms with Gasteiger partial charge in [-0.15, -0.1) is 0 Å². The molecule has 22 heavy (non-hydrogen) atoms. The zero-order valence-corrected chi connectivity index (χ0v) is 12.4. The maximum absolute atomic E-state index is 6.13. The molecular weight excluding hydrogens is 276 g/mol. The molecule has 1 aromatic heterocycles. The van der Waals surface area contributed by atoms with Crippen molar-refractivity contribution in [1.29, 1.82) is 0 Å². The van der Waals surface area contributed by atoms with Crippen LogP contribution in [0.1, 0.15) is 5.56 Å². The first-order valence-corrected chi connectivity index (χ1v) is 7.12. The first-order chi connectivity index (χ1) is 10.7. The predicted octanol–water partition coefficient (Wildman–Crippen LogP) is 3.78. The van der Waals surface area contributed by atoms with Crippen LogP contribution in [0.2, 0.25) is 0 Å². The van der Waals surface area contributed by atoms with Crippen molar-refractivity contribution >= 4 is 0 Å². The summed E-state index contributed by atoms with van der Waals surface area (Å²) in [5, 5.41) is 0. The molecule has 3 aromatic rings. The van der Waals surface area contributed by atoms with E-state index in [4.69, 9.17) is 9.47 Å². The number of benzene rings is 2. The molecule has 4 heteroatoms. The molecule has 0 N–H and O–H groups in total. The van der Waals surface area contributed by atoms with Gasteiger partial charge in [0.1, 0.15) is 7.05 Å². The Labute approximate surface area is 128 Å². The highest BCUT2D eigenvalue weighted by atomic mass is 16.6. The Hall–Kier alpha value is -2.88. The number of fused-ring (bicyclic) bond motifs is 2. The van der Waals surface area contributed by atoms with Crippen molar-refractivity contribution in [2.45, 2.75) is 6.92 Å². The molecule has 1 aliphatic rings. The molecule has 0 aliphatic carbocycles. The van der Waals surface area contributed by atoms with E-state index in [1.165, 1.54) is 0 Å². The van der Waals surface area contributed by atoms with Gasteiger partial charge in [0.05, 0.1) is 18.0 Å². The van der Waals surface area contributed by atoms with Gasteiger partial charge < -0.3 is 9.47 Å². The monoisotopic (exact) mass is 291 g/mol. The van der Waals surface area contributed by atoms with Crippen LogP contribution in [-0.2, 0) is 7.05 Å². The summed E-state index contributed by atoms with van der Waals surface area (Å²) in [6, 6.07) is 11.7. The van der Waals surface area contributed by atoms with E-state index in [0.717, 1.165) is 39.8 Å². The molecule has 108 valence electrons. The second-order valence-electron chi connectivity index (χ2n) is 5.31. The van der Waals surface area contributed by atoms with Crippen LogP contribution in [0, 0.1) is 6.92 Å². The Kier molecular flexibility index (Phi) is 2.82. The number of rotatable bonds is 1. The summed E-state index contributed by atoms with van der Waals surface area (Å²) in [6.45, 7) is 2.06. The molecular formula is C18H15N2O2+. The number of ether oxygens (including phenoxy) is 2. The topological polar surface area (TPSA) is 35.2 Å². The molecule has 0 atom stereocenters. The molecule has 0 fully saturated rings. The maximum atomic E-state index is 6.13. The first-order valence-electron chi connectivity index (χ1n) is 7.12. The summed E-state index contributed by atoms with van der Waals surface area (Å²) in [7, 11) is 1.99. The molecule has 0 spiro atoms. The largest absolute Gasteiger partial charge is 0.449 e. The van der Waals surface area contributed by atoms with Crippen LogP contribution in [0.25, 0.3) is 11.3 Å². The highest BCUT2D eigenvalue weighted by Crippen LogP contribution is 2.49. The van der Waals surface area contributed by atoms with Gasteiger partial charge in [-0.3, -0.25) is 4.98 Å². The van der Waals surface area contributed by atoms with E-state index in [2.05, 4.69) is 11.9 Å². The third-order valence-corrected chi connectivity index (χ3v) is 3.82. The molecule has 0 unspecified atom stereocenters. The van der Waals surface area contributed by atoms with Crippen molar-refractivity contribution in [2.75, 3.05) is 0 Å². The van der Waals surface area contributed by atoms with Crippen molar-refractivity contribution in [2.24, 2.45) is 7.05 Å². The highest BCUT2D eigenvalue weighted by molar-refractivity contribution is 5.75. The molecule has 1 aliphatic heterocycles. The Balaban J connectivity index is 1.94. The van der Waals surface area contributed by atoms with Crippen molar-refractivity contribution in [3.05, 3.63) is 60.6 Å². The predicted molar refractivity (Wildman–Crippen MR) is 82.2 cm³/mol. The van der Waals surface area contributed by atoms with Gasteiger partial charge in [0.15, 0.2) is 29.2 Å². The van der Waals surface area contributed by atoms with Crippen LogP contribution in [0.4, 0.5) is 0 Å². The number of aryl methyl sites for hydroxylation is 2. The van der Waals surface area contributed by atoms with E-state index >= 15 is 0 Å². The zero-order chi connectivity index (χ0) is 15.1. The van der Waals surface area contributed by atoms with Crippen molar-refractivity contribution in [3.63, 3.8) is 0 Å². The van der Waals surface area contributed by atoms with Crippen molar-refractivity contribution < 1.29 is 14.0 Å². The molecule has 0 saturated heterocycles. The smallest absolute Gasteiger partial charge is 0.234 e. The lowest BCUT2D eigenvalue weighted by Gasteiger charge is -2.22. The fourth-order valence-electron chi connectivity index (χ4n) is 2.67. The molecule has 0 saturated carbocycles. The van der Waals surface area contributed by atoms with Crippen LogP contribution in [-0.4, -0.2) is 4.98 Å². The third kappa shape index (κ3) is 1.92. The first kappa shape index (κ1) is 12.8. The fourth-order valence-corrected chi connectivity index (χ4v) is 2.67. The van der Waals surface area contributed by atoms with Gasteiger partial charge in [-0.1, -0.05) is 18.2 Å². The number of hydrogen-bond donors (Lipinski definition) is 0. The minimum absolute atomic E-state index is 0.725. The Morgan fingerprint density at radius 1 is 0.955 bits per heavy atom. The summed E-state index contributed by atoms with van der Waals surface area (Å²) < 4.78 is 14.1. The molecule has 0 amide bonds. The molecule has 4 nitrogen and oxygen atoms in total. The lowest BCUT2D eigenvalue weighted by Crippen LogP contribution is -2.30. The third-order valence-electron chi connectivity index (χ3n) is 3.82. The fraction of sp³-hybridized carbons (Fsp3) is 0.111. The van der Waals surface area contributed by atoms with Crippen LogP contribution < -0.4 is 14.0 Å². The Bertz CT molecular complexity index is 875. The lowest BCUT2D eigenvalue weighted by molar-refractivity contribution is -0.660. The quantitative estimate of drug-likeness (QED) is 0.501. The lowest BCUT2D eigenvalue weighted by atomic mass is 10.0. The van der Waals surface area contributed by atoms with Gasteiger partial charge in [0, 0.05) is 0 Å². The average Bonchev–Trinajstić information content (AvgIpc) is 2.54. The molecule has 2 aromatic carbocycles. The normalized spacial score (nSPS) is 11.9. The van der Waals surface area contributed by atoms with Gasteiger partial charge in [-0.25, -0.2) is 0 Å². The van der Waals surface area contributed by atoms with E-state index < -0.39 is 0 Å². The van der Waals surface area contributed by atoms with E-state index in [9.17, 15) is 0 Å². The van der Waals surface area contributed by atoms with Gasteiger partial charge in [0.2, 0.25) is 5.69 Å². The molecule has 0 bridgehead atoms. The number of hydrogen-bond acceptors (Lipinski definition) is 3. The molecule has 4 rings (SSSR count). The standard InChI is InChI=1S/C18H15N2O2/c1-12-7-8-16-18(17(12)13-11-19-9-10-20(13)2)22-15-6-4-3-5-14(15)21-16/h3-11H,1-2H3/q+1. The minimum atomic E-state index is 0.725. The van der Waals surface area contributed by atoms with Gasteiger partial charge in [0.25, 0.3) is 0 Å². The van der Waals surface area contributed by atoms with Gasteiger partial charge in [-0.05, 0) is 30.7 Å². The van der Waals surface area contributed by atoms with Crippen LogP contribution in [0.3, 0.4) is 0 Å².